The van der Waals surface area contributed by atoms with Crippen LogP contribution < -0.4 is 5.73 Å². The number of carbonyl (C=O) groups is 1. The molecule has 7 nitrogen and oxygen atoms in total. The molecule has 3 aromatic heterocycles. The number of fused-ring (bicyclic) bond motifs is 1. The number of amides is 1. The molecule has 0 radical (unpaired) electrons. The molecule has 1 aromatic carbocycles. The van der Waals surface area contributed by atoms with Crippen LogP contribution >= 0.6 is 0 Å². The lowest BCUT2D eigenvalue weighted by molar-refractivity contribution is -0.137. The van der Waals surface area contributed by atoms with Crippen LogP contribution in [0, 0.1) is 6.92 Å². The van der Waals surface area contributed by atoms with Crippen molar-refractivity contribution in [3.05, 3.63) is 83.0 Å². The molecule has 10 heteroatoms. The van der Waals surface area contributed by atoms with Crippen LogP contribution in [-0.4, -0.2) is 32.5 Å². The minimum atomic E-state index is -4.48. The van der Waals surface area contributed by atoms with Gasteiger partial charge in [0.25, 0.3) is 5.91 Å². The Morgan fingerprint density at radius 1 is 1.12 bits per heavy atom. The lowest BCUT2D eigenvalue weighted by Gasteiger charge is -2.22. The second-order valence-corrected chi connectivity index (χ2v) is 7.60. The van der Waals surface area contributed by atoms with Crippen LogP contribution in [0.2, 0.25) is 0 Å². The summed E-state index contributed by atoms with van der Waals surface area (Å²) in [4.78, 5) is 23.1. The van der Waals surface area contributed by atoms with E-state index in [1.807, 2.05) is 13.0 Å². The highest BCUT2D eigenvalue weighted by molar-refractivity contribution is 5.98. The Morgan fingerprint density at radius 3 is 2.61 bits per heavy atom. The first-order valence-corrected chi connectivity index (χ1v) is 10.1. The number of nitrogens with two attached hydrogens (primary N) is 1. The van der Waals surface area contributed by atoms with E-state index in [9.17, 15) is 18.0 Å². The van der Waals surface area contributed by atoms with E-state index in [0.29, 0.717) is 34.7 Å². The number of halogens is 3. The van der Waals surface area contributed by atoms with Gasteiger partial charge in [-0.05, 0) is 48.9 Å². The van der Waals surface area contributed by atoms with E-state index in [1.54, 1.807) is 24.3 Å². The molecule has 0 aliphatic carbocycles. The van der Waals surface area contributed by atoms with E-state index in [1.165, 1.54) is 17.2 Å². The highest BCUT2D eigenvalue weighted by Crippen LogP contribution is 2.28. The largest absolute Gasteiger partial charge is 0.417 e. The van der Waals surface area contributed by atoms with Crippen molar-refractivity contribution in [3.63, 3.8) is 0 Å². The summed E-state index contributed by atoms with van der Waals surface area (Å²) in [6.45, 7) is 2.13. The molecule has 0 saturated carbocycles. The van der Waals surface area contributed by atoms with Gasteiger partial charge in [0.1, 0.15) is 12.1 Å². The Kier molecular flexibility index (Phi) is 5.99. The lowest BCUT2D eigenvalue weighted by atomic mass is 10.1. The van der Waals surface area contributed by atoms with Crippen LogP contribution in [0.25, 0.3) is 10.9 Å². The highest BCUT2D eigenvalue weighted by Gasteiger charge is 2.30. The van der Waals surface area contributed by atoms with Gasteiger partial charge in [0.15, 0.2) is 0 Å². The summed E-state index contributed by atoms with van der Waals surface area (Å²) in [5.41, 5.74) is 7.88. The third kappa shape index (κ3) is 5.11. The molecule has 3 heterocycles. The summed E-state index contributed by atoms with van der Waals surface area (Å²) in [6.07, 6.45) is -1.87. The number of alkyl halides is 3. The molecular weight excluding hydrogens is 435 g/mol. The van der Waals surface area contributed by atoms with Crippen LogP contribution in [0.1, 0.15) is 32.9 Å². The van der Waals surface area contributed by atoms with Crippen molar-refractivity contribution in [3.8, 4) is 0 Å². The molecule has 2 N–H and O–H groups in total. The van der Waals surface area contributed by atoms with Crippen LogP contribution in [-0.2, 0) is 19.1 Å². The van der Waals surface area contributed by atoms with Crippen molar-refractivity contribution < 1.29 is 22.5 Å². The van der Waals surface area contributed by atoms with Crippen molar-refractivity contribution in [2.45, 2.75) is 26.1 Å². The predicted molar refractivity (Wildman–Crippen MR) is 115 cm³/mol. The predicted octanol–water partition coefficient (Wildman–Crippen LogP) is 4.41. The average Bonchev–Trinajstić information content (AvgIpc) is 3.30. The maximum atomic E-state index is 13.4. The number of carbonyl (C=O) groups excluding carboxylic acids is 1. The monoisotopic (exact) mass is 455 g/mol. The molecule has 0 unspecified atom stereocenters. The Hall–Kier alpha value is -3.95. The van der Waals surface area contributed by atoms with E-state index < -0.39 is 11.7 Å². The second kappa shape index (κ2) is 8.89. The Bertz CT molecular complexity index is 1270. The number of aromatic nitrogens is 3. The molecule has 0 aliphatic rings. The minimum Gasteiger partial charge on any atom is -0.383 e. The zero-order valence-corrected chi connectivity index (χ0v) is 17.6. The summed E-state index contributed by atoms with van der Waals surface area (Å²) in [7, 11) is 0. The van der Waals surface area contributed by atoms with E-state index in [-0.39, 0.29) is 19.0 Å². The number of benzene rings is 1. The third-order valence-corrected chi connectivity index (χ3v) is 5.21. The summed E-state index contributed by atoms with van der Waals surface area (Å²) in [5.74, 6) is 0.126. The molecule has 1 amide bonds. The highest BCUT2D eigenvalue weighted by atomic mass is 19.4. The summed E-state index contributed by atoms with van der Waals surface area (Å²) in [5, 5.41) is 4.61. The minimum absolute atomic E-state index is 0.0336. The standard InChI is InChI=1S/C23H20F3N5O2/c1-14-10-16-11-15(2-5-20(16)29-21(14)27)22(32)31(8-6-18-7-9-33-30-18)13-19-4-3-17(12-28-19)23(24,25)26/h2-5,7,9-12H,6,8,13H2,1H3,(H2,27,29). The second-order valence-electron chi connectivity index (χ2n) is 7.60. The van der Waals surface area contributed by atoms with Gasteiger partial charge in [-0.2, -0.15) is 13.2 Å². The summed E-state index contributed by atoms with van der Waals surface area (Å²) < 4.78 is 43.4. The first kappa shape index (κ1) is 22.3. The van der Waals surface area contributed by atoms with Gasteiger partial charge in [-0.3, -0.25) is 9.78 Å². The van der Waals surface area contributed by atoms with Crippen molar-refractivity contribution in [2.75, 3.05) is 12.3 Å². The van der Waals surface area contributed by atoms with Gasteiger partial charge in [0.05, 0.1) is 29.0 Å². The number of aryl methyl sites for hydroxylation is 1. The molecule has 0 aliphatic heterocycles. The first-order valence-electron chi connectivity index (χ1n) is 10.1. The number of pyridine rings is 2. The van der Waals surface area contributed by atoms with Crippen molar-refractivity contribution in [2.24, 2.45) is 0 Å². The fraction of sp³-hybridized carbons (Fsp3) is 0.217. The Morgan fingerprint density at radius 2 is 1.94 bits per heavy atom. The molecule has 33 heavy (non-hydrogen) atoms. The van der Waals surface area contributed by atoms with E-state index in [4.69, 9.17) is 10.3 Å². The zero-order valence-electron chi connectivity index (χ0n) is 17.6. The smallest absolute Gasteiger partial charge is 0.383 e. The molecular formula is C23H20F3N5O2. The van der Waals surface area contributed by atoms with Crippen molar-refractivity contribution in [1.82, 2.24) is 20.0 Å². The van der Waals surface area contributed by atoms with Crippen LogP contribution in [0.4, 0.5) is 19.0 Å². The molecule has 0 fully saturated rings. The fourth-order valence-electron chi connectivity index (χ4n) is 3.36. The number of nitrogen functional groups attached to an aromatic ring is 1. The van der Waals surface area contributed by atoms with E-state index >= 15 is 0 Å². The van der Waals surface area contributed by atoms with E-state index in [2.05, 4.69) is 15.1 Å². The van der Waals surface area contributed by atoms with Gasteiger partial charge in [-0.25, -0.2) is 4.98 Å². The van der Waals surface area contributed by atoms with Gasteiger partial charge >= 0.3 is 6.18 Å². The molecule has 0 bridgehead atoms. The molecule has 4 aromatic rings. The molecule has 0 atom stereocenters. The third-order valence-electron chi connectivity index (χ3n) is 5.21. The van der Waals surface area contributed by atoms with Gasteiger partial charge in [-0.1, -0.05) is 5.16 Å². The van der Waals surface area contributed by atoms with Gasteiger partial charge in [0.2, 0.25) is 0 Å². The lowest BCUT2D eigenvalue weighted by Crippen LogP contribution is -2.33. The number of hydrogen-bond acceptors (Lipinski definition) is 6. The number of anilines is 1. The maximum Gasteiger partial charge on any atom is 0.417 e. The van der Waals surface area contributed by atoms with Gasteiger partial charge in [0, 0.05) is 36.2 Å². The summed E-state index contributed by atoms with van der Waals surface area (Å²) >= 11 is 0. The maximum absolute atomic E-state index is 13.4. The molecule has 4 rings (SSSR count). The average molecular weight is 455 g/mol. The normalized spacial score (nSPS) is 11.6. The zero-order chi connectivity index (χ0) is 23.6. The summed E-state index contributed by atoms with van der Waals surface area (Å²) in [6, 6.07) is 10.9. The number of rotatable bonds is 6. The Balaban J connectivity index is 1.61. The van der Waals surface area contributed by atoms with Crippen molar-refractivity contribution in [1.29, 1.82) is 0 Å². The van der Waals surface area contributed by atoms with Gasteiger partial charge < -0.3 is 15.2 Å². The van der Waals surface area contributed by atoms with Crippen molar-refractivity contribution >= 4 is 22.6 Å². The molecule has 0 spiro atoms. The van der Waals surface area contributed by atoms with Crippen LogP contribution in [0.15, 0.2) is 59.4 Å². The SMILES string of the molecule is Cc1cc2cc(C(=O)N(CCc3ccon3)Cc3ccc(C(F)(F)F)cn3)ccc2nc1N. The molecule has 170 valence electrons. The van der Waals surface area contributed by atoms with Crippen LogP contribution in [0.5, 0.6) is 0 Å². The number of nitrogens with zero attached hydrogens (tertiary/aromatic N) is 4. The fourth-order valence-corrected chi connectivity index (χ4v) is 3.36. The van der Waals surface area contributed by atoms with E-state index in [0.717, 1.165) is 23.2 Å². The van der Waals surface area contributed by atoms with Gasteiger partial charge in [-0.15, -0.1) is 0 Å². The quantitative estimate of drug-likeness (QED) is 0.462. The van der Waals surface area contributed by atoms with Crippen LogP contribution in [0.3, 0.4) is 0 Å². The molecule has 0 saturated heterocycles. The number of hydrogen-bond donors (Lipinski definition) is 1. The first-order chi connectivity index (χ1) is 15.7. The topological polar surface area (TPSA) is 98.1 Å². The Labute approximate surface area is 187 Å².